The number of anilines is 2. The summed E-state index contributed by atoms with van der Waals surface area (Å²) < 4.78 is 66.3. The molecule has 13 heteroatoms. The van der Waals surface area contributed by atoms with E-state index in [0.29, 0.717) is 11.3 Å². The second kappa shape index (κ2) is 10.1. The second-order valence-corrected chi connectivity index (χ2v) is 12.6. The van der Waals surface area contributed by atoms with Crippen LogP contribution in [-0.4, -0.2) is 43.4 Å². The molecule has 0 atom stereocenters. The summed E-state index contributed by atoms with van der Waals surface area (Å²) in [5, 5.41) is 0. The van der Waals surface area contributed by atoms with Gasteiger partial charge in [0, 0.05) is 23.2 Å². The number of fused-ring (bicyclic) bond motifs is 2. The lowest BCUT2D eigenvalue weighted by molar-refractivity contribution is 0.0968. The summed E-state index contributed by atoms with van der Waals surface area (Å²) in [4.78, 5) is 43.6. The van der Waals surface area contributed by atoms with Crippen molar-refractivity contribution in [2.75, 3.05) is 9.80 Å². The molecule has 0 fully saturated rings. The first-order valence-corrected chi connectivity index (χ1v) is 15.5. The van der Waals surface area contributed by atoms with Gasteiger partial charge in [0.05, 0.1) is 21.2 Å². The molecule has 2 N–H and O–H groups in total. The summed E-state index contributed by atoms with van der Waals surface area (Å²) in [5.74, 6) is -2.03. The molecule has 6 rings (SSSR count). The lowest BCUT2D eigenvalue weighted by Crippen LogP contribution is -2.34. The van der Waals surface area contributed by atoms with E-state index >= 15 is 0 Å². The molecule has 2 aliphatic heterocycles. The normalized spacial score (nSPS) is 16.4. The third kappa shape index (κ3) is 4.83. The summed E-state index contributed by atoms with van der Waals surface area (Å²) >= 11 is 0. The lowest BCUT2D eigenvalue weighted by Gasteiger charge is -2.26. The molecule has 4 aromatic rings. The van der Waals surface area contributed by atoms with Crippen molar-refractivity contribution in [3.63, 3.8) is 0 Å². The number of allylic oxidation sites excluding steroid dienone is 2. The Morgan fingerprint density at radius 3 is 1.81 bits per heavy atom. The van der Waals surface area contributed by atoms with Gasteiger partial charge in [-0.3, -0.25) is 28.4 Å². The van der Waals surface area contributed by atoms with Crippen molar-refractivity contribution in [1.29, 1.82) is 0 Å². The second-order valence-electron chi connectivity index (χ2n) is 9.74. The number of nitrogens with zero attached hydrogens (tertiary/aromatic N) is 2. The highest BCUT2D eigenvalue weighted by Crippen LogP contribution is 2.43. The number of carbonyl (C=O) groups excluding carboxylic acids is 3. The van der Waals surface area contributed by atoms with Gasteiger partial charge in [-0.25, -0.2) is 0 Å². The quantitative estimate of drug-likeness (QED) is 0.246. The molecule has 43 heavy (non-hydrogen) atoms. The largest absolute Gasteiger partial charge is 0.331 e. The van der Waals surface area contributed by atoms with Gasteiger partial charge in [0.1, 0.15) is 11.4 Å². The Kier molecular flexibility index (Phi) is 6.62. The minimum Gasteiger partial charge on any atom is -0.331 e. The van der Waals surface area contributed by atoms with E-state index < -0.39 is 42.6 Å². The number of para-hydroxylation sites is 2. The fourth-order valence-electron chi connectivity index (χ4n) is 5.21. The molecular formula is C30H20N2O9S2. The van der Waals surface area contributed by atoms with Gasteiger partial charge in [-0.15, -0.1) is 0 Å². The fraction of sp³-hybridized carbons (Fsp3) is 0.0333. The molecule has 0 radical (unpaired) electrons. The lowest BCUT2D eigenvalue weighted by atomic mass is 10.1. The molecule has 11 nitrogen and oxygen atoms in total. The molecule has 2 aliphatic rings. The molecule has 2 heterocycles. The number of Topliss-reactive ketones (excluding diaryl/α,β-unsaturated/α-hetero) is 2. The number of amides is 1. The zero-order valence-corrected chi connectivity index (χ0v) is 23.5. The number of benzene rings is 4. The Balaban J connectivity index is 1.57. The maximum Gasteiger partial charge on any atom is 0.294 e. The maximum atomic E-state index is 14.0. The number of rotatable bonds is 5. The van der Waals surface area contributed by atoms with Crippen LogP contribution < -0.4 is 9.80 Å². The predicted molar refractivity (Wildman–Crippen MR) is 154 cm³/mol. The summed E-state index contributed by atoms with van der Waals surface area (Å²) in [6.45, 7) is -0.116. The molecule has 216 valence electrons. The monoisotopic (exact) mass is 616 g/mol. The molecule has 1 amide bonds. The van der Waals surface area contributed by atoms with Crippen molar-refractivity contribution < 1.29 is 40.3 Å². The highest BCUT2D eigenvalue weighted by molar-refractivity contribution is 7.86. The van der Waals surface area contributed by atoms with Gasteiger partial charge >= 0.3 is 0 Å². The molecule has 0 bridgehead atoms. The van der Waals surface area contributed by atoms with E-state index in [1.54, 1.807) is 42.5 Å². The SMILES string of the molecule is O=C1/C(=C2/C(=O)c3ccccc3N2C(=O)c2cccc(S(=O)(=O)O)c2)N(Cc2cccc(S(=O)(=O)O)c2)c2ccccc21. The van der Waals surface area contributed by atoms with Crippen LogP contribution in [0.25, 0.3) is 0 Å². The molecular weight excluding hydrogens is 596 g/mol. The van der Waals surface area contributed by atoms with E-state index in [2.05, 4.69) is 0 Å². The molecule has 0 saturated heterocycles. The van der Waals surface area contributed by atoms with Gasteiger partial charge in [0.15, 0.2) is 0 Å². The average molecular weight is 617 g/mol. The number of carbonyl (C=O) groups is 3. The standard InChI is InChI=1S/C30H20N2O9S2/c33-28-22-11-1-3-13-24(22)31(17-18-7-5-9-20(15-18)42(36,37)38)26(28)27-29(34)23-12-2-4-14-25(23)32(27)30(35)19-8-6-10-21(16-19)43(39,40)41/h1-16H,17H2,(H,36,37,38)(H,39,40,41)/b27-26+. The van der Waals surface area contributed by atoms with Crippen molar-refractivity contribution in [1.82, 2.24) is 0 Å². The van der Waals surface area contributed by atoms with Crippen LogP contribution in [0.3, 0.4) is 0 Å². The molecule has 0 saturated carbocycles. The first-order valence-electron chi connectivity index (χ1n) is 12.6. The Bertz CT molecular complexity index is 2140. The Morgan fingerprint density at radius 2 is 1.16 bits per heavy atom. The Labute approximate surface area is 245 Å². The first-order chi connectivity index (χ1) is 20.4. The third-order valence-corrected chi connectivity index (χ3v) is 8.80. The van der Waals surface area contributed by atoms with Gasteiger partial charge in [-0.2, -0.15) is 16.8 Å². The van der Waals surface area contributed by atoms with E-state index in [0.717, 1.165) is 17.0 Å². The molecule has 0 unspecified atom stereocenters. The van der Waals surface area contributed by atoms with Crippen LogP contribution in [0.4, 0.5) is 11.4 Å². The summed E-state index contributed by atoms with van der Waals surface area (Å²) in [5.41, 5.74) is 0.690. The van der Waals surface area contributed by atoms with E-state index in [1.165, 1.54) is 47.4 Å². The first kappa shape index (κ1) is 28.2. The van der Waals surface area contributed by atoms with Gasteiger partial charge in [-0.05, 0) is 60.2 Å². The van der Waals surface area contributed by atoms with Crippen LogP contribution in [0.1, 0.15) is 36.6 Å². The van der Waals surface area contributed by atoms with Gasteiger partial charge in [0.2, 0.25) is 11.6 Å². The summed E-state index contributed by atoms with van der Waals surface area (Å²) in [7, 11) is -9.19. The van der Waals surface area contributed by atoms with Crippen molar-refractivity contribution in [3.05, 3.63) is 131 Å². The van der Waals surface area contributed by atoms with Crippen molar-refractivity contribution in [2.24, 2.45) is 0 Å². The summed E-state index contributed by atoms with van der Waals surface area (Å²) in [6.07, 6.45) is 0. The van der Waals surface area contributed by atoms with Crippen LogP contribution in [0.5, 0.6) is 0 Å². The van der Waals surface area contributed by atoms with E-state index in [1.807, 2.05) is 0 Å². The van der Waals surface area contributed by atoms with Crippen LogP contribution in [0, 0.1) is 0 Å². The topological polar surface area (TPSA) is 166 Å². The smallest absolute Gasteiger partial charge is 0.294 e. The zero-order valence-electron chi connectivity index (χ0n) is 21.9. The van der Waals surface area contributed by atoms with Gasteiger partial charge in [-0.1, -0.05) is 42.5 Å². The van der Waals surface area contributed by atoms with E-state index in [-0.39, 0.29) is 45.2 Å². The highest BCUT2D eigenvalue weighted by Gasteiger charge is 2.45. The third-order valence-electron chi connectivity index (χ3n) is 7.10. The van der Waals surface area contributed by atoms with E-state index in [4.69, 9.17) is 0 Å². The van der Waals surface area contributed by atoms with Crippen molar-refractivity contribution in [2.45, 2.75) is 16.3 Å². The average Bonchev–Trinajstić information content (AvgIpc) is 3.42. The molecule has 0 aromatic heterocycles. The number of ketones is 2. The summed E-state index contributed by atoms with van der Waals surface area (Å²) in [6, 6.07) is 22.8. The van der Waals surface area contributed by atoms with E-state index in [9.17, 15) is 40.3 Å². The number of hydrogen-bond donors (Lipinski definition) is 2. The van der Waals surface area contributed by atoms with Gasteiger partial charge < -0.3 is 4.90 Å². The minimum absolute atomic E-state index is 0.116. The maximum absolute atomic E-state index is 14.0. The zero-order chi connectivity index (χ0) is 30.7. The Hall–Kier alpha value is -4.95. The highest BCUT2D eigenvalue weighted by atomic mass is 32.2. The minimum atomic E-state index is -4.66. The van der Waals surface area contributed by atoms with Crippen molar-refractivity contribution in [3.8, 4) is 0 Å². The molecule has 0 aliphatic carbocycles. The van der Waals surface area contributed by atoms with Crippen LogP contribution in [0.15, 0.2) is 118 Å². The fourth-order valence-corrected chi connectivity index (χ4v) is 6.29. The van der Waals surface area contributed by atoms with Gasteiger partial charge in [0.25, 0.3) is 26.1 Å². The Morgan fingerprint density at radius 1 is 0.628 bits per heavy atom. The molecule has 0 spiro atoms. The van der Waals surface area contributed by atoms with Crippen molar-refractivity contribution >= 4 is 49.1 Å². The van der Waals surface area contributed by atoms with Crippen LogP contribution in [-0.2, 0) is 26.8 Å². The van der Waals surface area contributed by atoms with Crippen LogP contribution >= 0.6 is 0 Å². The van der Waals surface area contributed by atoms with Crippen LogP contribution in [0.2, 0.25) is 0 Å². The molecule has 4 aromatic carbocycles. The number of hydrogen-bond acceptors (Lipinski definition) is 8. The predicted octanol–water partition coefficient (Wildman–Crippen LogP) is 4.14.